The van der Waals surface area contributed by atoms with Crippen molar-refractivity contribution in [1.82, 2.24) is 9.55 Å². The fraction of sp³-hybridized carbons (Fsp3) is 0.308. The van der Waals surface area contributed by atoms with Gasteiger partial charge >= 0.3 is 5.82 Å². The minimum atomic E-state index is -0.497. The highest BCUT2D eigenvalue weighted by molar-refractivity contribution is 5.53. The third-order valence-electron chi connectivity index (χ3n) is 3.06. The average Bonchev–Trinajstić information content (AvgIpc) is 2.80. The second kappa shape index (κ2) is 5.60. The Morgan fingerprint density at radius 1 is 1.40 bits per heavy atom. The number of aromatic nitrogens is 2. The number of hydrogen-bond donors (Lipinski definition) is 1. The molecule has 0 spiro atoms. The molecule has 0 aliphatic rings. The van der Waals surface area contributed by atoms with Gasteiger partial charge in [0.1, 0.15) is 5.75 Å². The van der Waals surface area contributed by atoms with E-state index in [4.69, 9.17) is 4.74 Å². The Kier molecular flexibility index (Phi) is 3.88. The maximum Gasteiger partial charge on any atom is 0.406 e. The lowest BCUT2D eigenvalue weighted by molar-refractivity contribution is -0.388. The monoisotopic (exact) mass is 276 g/mol. The molecule has 0 saturated carbocycles. The Hall–Kier alpha value is -2.57. The highest BCUT2D eigenvalue weighted by Crippen LogP contribution is 2.26. The van der Waals surface area contributed by atoms with Gasteiger partial charge in [0.15, 0.2) is 0 Å². The van der Waals surface area contributed by atoms with E-state index in [1.165, 1.54) is 6.33 Å². The molecule has 0 aliphatic carbocycles. The van der Waals surface area contributed by atoms with Gasteiger partial charge in [0.25, 0.3) is 0 Å². The zero-order valence-electron chi connectivity index (χ0n) is 11.5. The second-order valence-electron chi connectivity index (χ2n) is 4.42. The Morgan fingerprint density at radius 2 is 2.05 bits per heavy atom. The molecule has 106 valence electrons. The van der Waals surface area contributed by atoms with E-state index in [0.29, 0.717) is 5.82 Å². The minimum Gasteiger partial charge on any atom is -0.497 e. The van der Waals surface area contributed by atoms with Crippen LogP contribution in [0, 0.1) is 10.1 Å². The highest BCUT2D eigenvalue weighted by Gasteiger charge is 2.21. The van der Waals surface area contributed by atoms with Crippen LogP contribution < -0.4 is 10.1 Å². The van der Waals surface area contributed by atoms with Gasteiger partial charge in [-0.25, -0.2) is 0 Å². The number of imidazole rings is 1. The molecule has 1 N–H and O–H groups in total. The summed E-state index contributed by atoms with van der Waals surface area (Å²) in [5.74, 6) is 0.985. The molecule has 1 heterocycles. The standard InChI is InChI=1S/C13H16N4O3/c1-9(10-4-6-11(20-3)7-5-10)15-13-12(17(18)19)14-8-16(13)2/h4-9,15H,1-3H3. The number of hydrogen-bond acceptors (Lipinski definition) is 5. The summed E-state index contributed by atoms with van der Waals surface area (Å²) in [6.45, 7) is 1.93. The fourth-order valence-electron chi connectivity index (χ4n) is 1.90. The van der Waals surface area contributed by atoms with Crippen molar-refractivity contribution < 1.29 is 9.66 Å². The second-order valence-corrected chi connectivity index (χ2v) is 4.42. The van der Waals surface area contributed by atoms with E-state index in [0.717, 1.165) is 11.3 Å². The predicted molar refractivity (Wildman–Crippen MR) is 74.9 cm³/mol. The van der Waals surface area contributed by atoms with Crippen LogP contribution in [0.5, 0.6) is 5.75 Å². The van der Waals surface area contributed by atoms with Crippen molar-refractivity contribution in [3.63, 3.8) is 0 Å². The number of nitro groups is 1. The predicted octanol–water partition coefficient (Wildman–Crippen LogP) is 2.51. The Balaban J connectivity index is 2.20. The number of anilines is 1. The summed E-state index contributed by atoms with van der Waals surface area (Å²) in [4.78, 5) is 14.2. The van der Waals surface area contributed by atoms with Gasteiger partial charge < -0.3 is 20.2 Å². The lowest BCUT2D eigenvalue weighted by atomic mass is 10.1. The van der Waals surface area contributed by atoms with Gasteiger partial charge in [-0.1, -0.05) is 12.1 Å². The first-order chi connectivity index (χ1) is 9.52. The van der Waals surface area contributed by atoms with Crippen molar-refractivity contribution in [2.75, 3.05) is 12.4 Å². The average molecular weight is 276 g/mol. The highest BCUT2D eigenvalue weighted by atomic mass is 16.6. The summed E-state index contributed by atoms with van der Waals surface area (Å²) in [6.07, 6.45) is 1.42. The van der Waals surface area contributed by atoms with E-state index >= 15 is 0 Å². The van der Waals surface area contributed by atoms with E-state index in [1.807, 2.05) is 31.2 Å². The molecule has 7 heteroatoms. The molecule has 2 rings (SSSR count). The zero-order chi connectivity index (χ0) is 14.7. The van der Waals surface area contributed by atoms with E-state index in [1.54, 1.807) is 18.7 Å². The maximum atomic E-state index is 10.9. The van der Waals surface area contributed by atoms with Crippen LogP contribution in [0.25, 0.3) is 0 Å². The van der Waals surface area contributed by atoms with E-state index < -0.39 is 4.92 Å². The molecule has 0 fully saturated rings. The molecular formula is C13H16N4O3. The van der Waals surface area contributed by atoms with E-state index in [2.05, 4.69) is 10.3 Å². The summed E-state index contributed by atoms with van der Waals surface area (Å²) >= 11 is 0. The summed E-state index contributed by atoms with van der Waals surface area (Å²) in [7, 11) is 3.32. The first-order valence-corrected chi connectivity index (χ1v) is 6.09. The molecule has 0 bridgehead atoms. The van der Waals surface area contributed by atoms with Crippen LogP contribution in [0.4, 0.5) is 11.6 Å². The van der Waals surface area contributed by atoms with Crippen LogP contribution in [-0.2, 0) is 7.05 Å². The zero-order valence-corrected chi connectivity index (χ0v) is 11.5. The molecule has 0 saturated heterocycles. The lowest BCUT2D eigenvalue weighted by Crippen LogP contribution is -2.10. The molecule has 0 radical (unpaired) electrons. The molecule has 2 aromatic rings. The van der Waals surface area contributed by atoms with Crippen LogP contribution in [0.15, 0.2) is 30.6 Å². The molecule has 7 nitrogen and oxygen atoms in total. The summed E-state index contributed by atoms with van der Waals surface area (Å²) < 4.78 is 6.70. The summed E-state index contributed by atoms with van der Waals surface area (Å²) in [5, 5.41) is 14.0. The van der Waals surface area contributed by atoms with Crippen LogP contribution in [0.2, 0.25) is 0 Å². The number of aryl methyl sites for hydroxylation is 1. The van der Waals surface area contributed by atoms with Crippen molar-refractivity contribution in [3.8, 4) is 5.75 Å². The van der Waals surface area contributed by atoms with Crippen LogP contribution in [0.1, 0.15) is 18.5 Å². The first-order valence-electron chi connectivity index (χ1n) is 6.09. The Bertz CT molecular complexity index is 607. The number of ether oxygens (including phenoxy) is 1. The number of nitrogens with zero attached hydrogens (tertiary/aromatic N) is 3. The Labute approximate surface area is 116 Å². The molecule has 1 atom stereocenters. The third kappa shape index (κ3) is 2.71. The van der Waals surface area contributed by atoms with Gasteiger partial charge in [-0.3, -0.25) is 4.57 Å². The SMILES string of the molecule is COc1ccc(C(C)Nc2c([N+](=O)[O-])ncn2C)cc1. The van der Waals surface area contributed by atoms with Crippen LogP contribution in [-0.4, -0.2) is 21.6 Å². The fourth-order valence-corrected chi connectivity index (χ4v) is 1.90. The molecule has 20 heavy (non-hydrogen) atoms. The lowest BCUT2D eigenvalue weighted by Gasteiger charge is -2.15. The topological polar surface area (TPSA) is 82.2 Å². The van der Waals surface area contributed by atoms with Crippen LogP contribution >= 0.6 is 0 Å². The van der Waals surface area contributed by atoms with Gasteiger partial charge in [0, 0.05) is 7.05 Å². The van der Waals surface area contributed by atoms with Crippen molar-refractivity contribution in [1.29, 1.82) is 0 Å². The van der Waals surface area contributed by atoms with Crippen LogP contribution in [0.3, 0.4) is 0 Å². The van der Waals surface area contributed by atoms with Crippen molar-refractivity contribution in [3.05, 3.63) is 46.3 Å². The summed E-state index contributed by atoms with van der Waals surface area (Å²) in [5.41, 5.74) is 1.00. The molecule has 0 aliphatic heterocycles. The molecule has 1 unspecified atom stereocenters. The quantitative estimate of drug-likeness (QED) is 0.670. The minimum absolute atomic E-state index is 0.0880. The maximum absolute atomic E-state index is 10.9. The van der Waals surface area contributed by atoms with Gasteiger partial charge in [-0.2, -0.15) is 0 Å². The number of benzene rings is 1. The Morgan fingerprint density at radius 3 is 2.60 bits per heavy atom. The normalized spacial score (nSPS) is 11.9. The van der Waals surface area contributed by atoms with Crippen molar-refractivity contribution in [2.45, 2.75) is 13.0 Å². The van der Waals surface area contributed by atoms with Gasteiger partial charge in [-0.05, 0) is 34.5 Å². The molecule has 0 amide bonds. The number of nitrogens with one attached hydrogen (secondary N) is 1. The van der Waals surface area contributed by atoms with Crippen molar-refractivity contribution >= 4 is 11.6 Å². The van der Waals surface area contributed by atoms with E-state index in [9.17, 15) is 10.1 Å². The molecule has 1 aromatic heterocycles. The third-order valence-corrected chi connectivity index (χ3v) is 3.06. The number of methoxy groups -OCH3 is 1. The van der Waals surface area contributed by atoms with Gasteiger partial charge in [0.2, 0.25) is 12.1 Å². The number of rotatable bonds is 5. The first kappa shape index (κ1) is 13.9. The smallest absolute Gasteiger partial charge is 0.406 e. The molecule has 1 aromatic carbocycles. The summed E-state index contributed by atoms with van der Waals surface area (Å²) in [6, 6.07) is 7.45. The largest absolute Gasteiger partial charge is 0.497 e. The van der Waals surface area contributed by atoms with E-state index in [-0.39, 0.29) is 11.9 Å². The van der Waals surface area contributed by atoms with Gasteiger partial charge in [0.05, 0.1) is 13.2 Å². The van der Waals surface area contributed by atoms with Gasteiger partial charge in [-0.15, -0.1) is 0 Å². The molecular weight excluding hydrogens is 260 g/mol. The van der Waals surface area contributed by atoms with Crippen molar-refractivity contribution in [2.24, 2.45) is 7.05 Å².